The van der Waals surface area contributed by atoms with Crippen LogP contribution in [-0.4, -0.2) is 75.5 Å². The lowest BCUT2D eigenvalue weighted by molar-refractivity contribution is 0.153. The van der Waals surface area contributed by atoms with Crippen molar-refractivity contribution in [2.75, 3.05) is 51.6 Å². The van der Waals surface area contributed by atoms with Crippen LogP contribution in [0.1, 0.15) is 6.42 Å². The second-order valence-corrected chi connectivity index (χ2v) is 11.4. The molecule has 1 aliphatic heterocycles. The van der Waals surface area contributed by atoms with Gasteiger partial charge in [-0.2, -0.15) is 8.42 Å². The van der Waals surface area contributed by atoms with Crippen LogP contribution < -0.4 is 14.8 Å². The number of rotatable bonds is 8. The maximum Gasteiger partial charge on any atom is 0.342 e. The van der Waals surface area contributed by atoms with Crippen LogP contribution in [0.5, 0.6) is 5.75 Å². The number of amides is 2. The number of carbonyl (C=O) groups is 1. The highest BCUT2D eigenvalue weighted by molar-refractivity contribution is 7.87. The number of aromatic nitrogens is 1. The fourth-order valence-electron chi connectivity index (χ4n) is 3.62. The van der Waals surface area contributed by atoms with Gasteiger partial charge in [0.1, 0.15) is 10.6 Å². The van der Waals surface area contributed by atoms with Gasteiger partial charge in [0.2, 0.25) is 0 Å². The van der Waals surface area contributed by atoms with E-state index in [9.17, 15) is 13.2 Å². The molecular weight excluding hydrogens is 533 g/mol. The average Bonchev–Trinajstić information content (AvgIpc) is 3.18. The number of likely N-dealkylation sites (N-methyl/N-ethyl adjacent to an activating group) is 1. The molecule has 35 heavy (non-hydrogen) atoms. The van der Waals surface area contributed by atoms with Crippen LogP contribution in [0.4, 0.5) is 9.93 Å². The molecule has 0 spiro atoms. The minimum atomic E-state index is -4.24. The third kappa shape index (κ3) is 6.75. The first-order valence-electron chi connectivity index (χ1n) is 11.0. The predicted octanol–water partition coefficient (Wildman–Crippen LogP) is 4.13. The van der Waals surface area contributed by atoms with E-state index in [1.807, 2.05) is 0 Å². The monoisotopic (exact) mass is 557 g/mol. The van der Waals surface area contributed by atoms with Crippen LogP contribution >= 0.6 is 34.5 Å². The first kappa shape index (κ1) is 25.9. The Morgan fingerprint density at radius 3 is 2.57 bits per heavy atom. The smallest absolute Gasteiger partial charge is 0.342 e. The second kappa shape index (κ2) is 11.3. The minimum absolute atomic E-state index is 0.0302. The van der Waals surface area contributed by atoms with Crippen molar-refractivity contribution in [2.45, 2.75) is 11.3 Å². The highest BCUT2D eigenvalue weighted by Crippen LogP contribution is 2.33. The summed E-state index contributed by atoms with van der Waals surface area (Å²) in [6, 6.07) is 8.68. The van der Waals surface area contributed by atoms with E-state index >= 15 is 0 Å². The van der Waals surface area contributed by atoms with Crippen LogP contribution in [0.3, 0.4) is 0 Å². The normalized spacial score (nSPS) is 15.3. The van der Waals surface area contributed by atoms with E-state index in [1.165, 1.54) is 35.6 Å². The number of anilines is 1. The lowest BCUT2D eigenvalue weighted by Crippen LogP contribution is -2.45. The molecule has 2 amide bonds. The summed E-state index contributed by atoms with van der Waals surface area (Å²) in [4.78, 5) is 21.0. The summed E-state index contributed by atoms with van der Waals surface area (Å²) in [7, 11) is -2.12. The zero-order valence-electron chi connectivity index (χ0n) is 19.0. The standard InChI is InChI=1S/C22H25Cl2N5O4S2/c1-28-10-12-29(13-11-28)9-3-8-25-21(30)27-22-26-18-7-6-15(14-19(18)34-22)33-35(31,32)20-16(23)4-2-5-17(20)24/h2,4-7,14H,3,8-13H2,1H3,(H2,25,26,27,30). The number of carbonyl (C=O) groups excluding carboxylic acids is 1. The van der Waals surface area contributed by atoms with E-state index in [1.54, 1.807) is 12.1 Å². The molecule has 0 bridgehead atoms. The summed E-state index contributed by atoms with van der Waals surface area (Å²) in [6.07, 6.45) is 0.863. The van der Waals surface area contributed by atoms with Crippen LogP contribution in [0.15, 0.2) is 41.3 Å². The summed E-state index contributed by atoms with van der Waals surface area (Å²) >= 11 is 13.2. The minimum Gasteiger partial charge on any atom is -0.379 e. The van der Waals surface area contributed by atoms with Crippen molar-refractivity contribution in [1.82, 2.24) is 20.1 Å². The SMILES string of the molecule is CN1CCN(CCCNC(=O)Nc2nc3ccc(OS(=O)(=O)c4c(Cl)cccc4Cl)cc3s2)CC1. The summed E-state index contributed by atoms with van der Waals surface area (Å²) in [6.45, 7) is 5.74. The number of piperazine rings is 1. The van der Waals surface area contributed by atoms with Crippen LogP contribution in [-0.2, 0) is 10.1 Å². The molecule has 1 fully saturated rings. The third-order valence-electron chi connectivity index (χ3n) is 5.49. The lowest BCUT2D eigenvalue weighted by Gasteiger charge is -2.32. The second-order valence-electron chi connectivity index (χ2n) is 8.12. The van der Waals surface area contributed by atoms with E-state index in [-0.39, 0.29) is 26.7 Å². The Morgan fingerprint density at radius 1 is 1.14 bits per heavy atom. The van der Waals surface area contributed by atoms with Gasteiger partial charge in [-0.1, -0.05) is 40.6 Å². The van der Waals surface area contributed by atoms with Gasteiger partial charge in [-0.25, -0.2) is 9.78 Å². The number of urea groups is 1. The molecule has 13 heteroatoms. The fourth-order valence-corrected chi connectivity index (χ4v) is 6.53. The van der Waals surface area contributed by atoms with Gasteiger partial charge in [0.05, 0.1) is 20.3 Å². The average molecular weight is 559 g/mol. The first-order chi connectivity index (χ1) is 16.7. The van der Waals surface area contributed by atoms with Crippen molar-refractivity contribution < 1.29 is 17.4 Å². The van der Waals surface area contributed by atoms with Crippen molar-refractivity contribution in [3.8, 4) is 5.75 Å². The van der Waals surface area contributed by atoms with Crippen molar-refractivity contribution >= 4 is 66.0 Å². The van der Waals surface area contributed by atoms with Gasteiger partial charge in [0.15, 0.2) is 5.13 Å². The van der Waals surface area contributed by atoms with E-state index in [0.29, 0.717) is 21.9 Å². The van der Waals surface area contributed by atoms with Crippen LogP contribution in [0.25, 0.3) is 10.2 Å². The first-order valence-corrected chi connectivity index (χ1v) is 13.9. The topological polar surface area (TPSA) is 104 Å². The number of benzene rings is 2. The van der Waals surface area contributed by atoms with Crippen molar-refractivity contribution in [3.05, 3.63) is 46.4 Å². The number of nitrogens with zero attached hydrogens (tertiary/aromatic N) is 3. The van der Waals surface area contributed by atoms with Crippen LogP contribution in [0.2, 0.25) is 10.0 Å². The summed E-state index contributed by atoms with van der Waals surface area (Å²) in [5, 5.41) is 5.91. The Bertz CT molecular complexity index is 1290. The fraction of sp³-hybridized carbons (Fsp3) is 0.364. The van der Waals surface area contributed by atoms with E-state index in [4.69, 9.17) is 27.4 Å². The number of nitrogens with one attached hydrogen (secondary N) is 2. The van der Waals surface area contributed by atoms with Crippen LogP contribution in [0, 0.1) is 0 Å². The molecule has 188 valence electrons. The molecule has 2 aromatic carbocycles. The Labute approximate surface area is 218 Å². The molecule has 9 nitrogen and oxygen atoms in total. The predicted molar refractivity (Wildman–Crippen MR) is 139 cm³/mol. The Balaban J connectivity index is 1.32. The Hall–Kier alpha value is -2.15. The summed E-state index contributed by atoms with van der Waals surface area (Å²) < 4.78 is 31.3. The molecule has 0 unspecified atom stereocenters. The summed E-state index contributed by atoms with van der Waals surface area (Å²) in [5.74, 6) is 0.0806. The highest BCUT2D eigenvalue weighted by Gasteiger charge is 2.24. The van der Waals surface area contributed by atoms with Gasteiger partial charge in [-0.3, -0.25) is 5.32 Å². The number of hydrogen-bond donors (Lipinski definition) is 2. The molecule has 0 aliphatic carbocycles. The molecule has 2 N–H and O–H groups in total. The molecule has 1 aliphatic rings. The quantitative estimate of drug-likeness (QED) is 0.317. The van der Waals surface area contributed by atoms with Gasteiger partial charge in [-0.05, 0) is 44.3 Å². The Morgan fingerprint density at radius 2 is 1.86 bits per heavy atom. The van der Waals surface area contributed by atoms with Crippen molar-refractivity contribution in [3.63, 3.8) is 0 Å². The molecule has 1 saturated heterocycles. The molecule has 0 saturated carbocycles. The van der Waals surface area contributed by atoms with Crippen molar-refractivity contribution in [2.24, 2.45) is 0 Å². The lowest BCUT2D eigenvalue weighted by atomic mass is 10.3. The maximum absolute atomic E-state index is 12.7. The van der Waals surface area contributed by atoms with Crippen molar-refractivity contribution in [1.29, 1.82) is 0 Å². The molecular formula is C22H25Cl2N5O4S2. The molecule has 0 radical (unpaired) electrons. The number of halogens is 2. The molecule has 3 aromatic rings. The number of hydrogen-bond acceptors (Lipinski definition) is 8. The van der Waals surface area contributed by atoms with Gasteiger partial charge < -0.3 is 19.3 Å². The third-order valence-corrected chi connectivity index (χ3v) is 8.63. The number of thiazole rings is 1. The maximum atomic E-state index is 12.7. The van der Waals surface area contributed by atoms with Gasteiger partial charge in [-0.15, -0.1) is 0 Å². The zero-order chi connectivity index (χ0) is 25.0. The molecule has 4 rings (SSSR count). The summed E-state index contributed by atoms with van der Waals surface area (Å²) in [5.41, 5.74) is 0.598. The van der Waals surface area contributed by atoms with E-state index in [2.05, 4.69) is 32.5 Å². The Kier molecular flexibility index (Phi) is 8.35. The van der Waals surface area contributed by atoms with E-state index < -0.39 is 10.1 Å². The number of fused-ring (bicyclic) bond motifs is 1. The van der Waals surface area contributed by atoms with E-state index in [0.717, 1.165) is 39.1 Å². The molecule has 2 heterocycles. The zero-order valence-corrected chi connectivity index (χ0v) is 22.1. The van der Waals surface area contributed by atoms with Gasteiger partial charge in [0, 0.05) is 38.8 Å². The largest absolute Gasteiger partial charge is 0.379 e. The van der Waals surface area contributed by atoms with Gasteiger partial charge in [0.25, 0.3) is 0 Å². The molecule has 0 atom stereocenters. The van der Waals surface area contributed by atoms with Gasteiger partial charge >= 0.3 is 16.1 Å². The highest BCUT2D eigenvalue weighted by atomic mass is 35.5. The molecule has 1 aromatic heterocycles.